The predicted octanol–water partition coefficient (Wildman–Crippen LogP) is 4.73. The normalized spacial score (nSPS) is 25.1. The van der Waals surface area contributed by atoms with Crippen LogP contribution in [-0.2, 0) is 11.8 Å². The van der Waals surface area contributed by atoms with E-state index in [1.165, 1.54) is 5.56 Å². The van der Waals surface area contributed by atoms with E-state index < -0.39 is 0 Å². The Morgan fingerprint density at radius 3 is 2.65 bits per heavy atom. The number of aliphatic hydroxyl groups excluding tert-OH is 1. The minimum Gasteiger partial charge on any atom is -0.511 e. The number of nitrogens with zero attached hydrogens (tertiary/aromatic N) is 5. The van der Waals surface area contributed by atoms with E-state index in [9.17, 15) is 10.4 Å². The van der Waals surface area contributed by atoms with Gasteiger partial charge in [-0.25, -0.2) is 4.68 Å². The van der Waals surface area contributed by atoms with Crippen molar-refractivity contribution in [1.82, 2.24) is 19.9 Å². The van der Waals surface area contributed by atoms with Gasteiger partial charge in [0.05, 0.1) is 23.0 Å². The number of allylic oxidation sites excluding steroid dienone is 2. The molecule has 0 unspecified atom stereocenters. The fourth-order valence-corrected chi connectivity index (χ4v) is 5.54. The molecule has 1 N–H and O–H groups in total. The van der Waals surface area contributed by atoms with E-state index >= 15 is 0 Å². The third-order valence-electron chi connectivity index (χ3n) is 7.08. The van der Waals surface area contributed by atoms with Gasteiger partial charge in [0.15, 0.2) is 11.5 Å². The monoisotopic (exact) mass is 415 g/mol. The second-order valence-electron chi connectivity index (χ2n) is 9.07. The highest BCUT2D eigenvalue weighted by Gasteiger charge is 2.51. The van der Waals surface area contributed by atoms with E-state index in [1.807, 2.05) is 11.6 Å². The highest BCUT2D eigenvalue weighted by atomic mass is 16.5. The Balaban J connectivity index is 1.78. The number of nitriles is 1. The van der Waals surface area contributed by atoms with E-state index in [-0.39, 0.29) is 23.0 Å². The molecule has 1 aromatic carbocycles. The SMILES string of the molecule is Cc1ccc(-n2nc(-c3nc(C)no3)c3c2[C@]2(C)CC(C#N)=C(O)[C@H](C)[C@H]2CC3)cc1. The topological polar surface area (TPSA) is 101 Å². The molecule has 158 valence electrons. The standard InChI is InChI=1S/C24H25N5O2/c1-13-5-7-17(8-6-13)29-22-18(20(27-29)23-26-15(3)28-31-23)9-10-19-14(2)21(30)16(12-25)11-24(19,22)4/h5-8,14,19,30H,9-11H2,1-4H3/t14-,19-,24-/m1/s1. The summed E-state index contributed by atoms with van der Waals surface area (Å²) < 4.78 is 7.48. The van der Waals surface area contributed by atoms with Gasteiger partial charge in [0.2, 0.25) is 0 Å². The molecular formula is C24H25N5O2. The third-order valence-corrected chi connectivity index (χ3v) is 7.08. The predicted molar refractivity (Wildman–Crippen MR) is 115 cm³/mol. The van der Waals surface area contributed by atoms with Crippen LogP contribution >= 0.6 is 0 Å². The fourth-order valence-electron chi connectivity index (χ4n) is 5.54. The second kappa shape index (κ2) is 6.81. The molecule has 7 nitrogen and oxygen atoms in total. The largest absolute Gasteiger partial charge is 0.511 e. The molecule has 0 saturated heterocycles. The zero-order valence-corrected chi connectivity index (χ0v) is 18.2. The van der Waals surface area contributed by atoms with Gasteiger partial charge in [-0.15, -0.1) is 0 Å². The first-order valence-corrected chi connectivity index (χ1v) is 10.7. The van der Waals surface area contributed by atoms with Gasteiger partial charge in [-0.2, -0.15) is 15.3 Å². The molecule has 0 aliphatic heterocycles. The van der Waals surface area contributed by atoms with Crippen LogP contribution in [0.4, 0.5) is 0 Å². The van der Waals surface area contributed by atoms with Gasteiger partial charge < -0.3 is 9.63 Å². The Morgan fingerprint density at radius 2 is 2.00 bits per heavy atom. The van der Waals surface area contributed by atoms with E-state index in [0.29, 0.717) is 29.4 Å². The van der Waals surface area contributed by atoms with Crippen LogP contribution in [0.15, 0.2) is 40.1 Å². The number of aromatic nitrogens is 4. The van der Waals surface area contributed by atoms with Crippen molar-refractivity contribution in [2.75, 3.05) is 0 Å². The smallest absolute Gasteiger partial charge is 0.278 e. The van der Waals surface area contributed by atoms with Crippen LogP contribution in [0.5, 0.6) is 0 Å². The molecule has 5 rings (SSSR count). The summed E-state index contributed by atoms with van der Waals surface area (Å²) in [4.78, 5) is 4.44. The molecule has 0 amide bonds. The molecule has 3 aromatic rings. The lowest BCUT2D eigenvalue weighted by molar-refractivity contribution is 0.134. The van der Waals surface area contributed by atoms with Crippen LogP contribution in [-0.4, -0.2) is 25.0 Å². The first kappa shape index (κ1) is 19.6. The first-order chi connectivity index (χ1) is 14.8. The van der Waals surface area contributed by atoms with Crippen molar-refractivity contribution in [2.24, 2.45) is 11.8 Å². The minimum absolute atomic E-state index is 0.0861. The lowest BCUT2D eigenvalue weighted by Gasteiger charge is -2.47. The van der Waals surface area contributed by atoms with Crippen LogP contribution in [0, 0.1) is 37.0 Å². The van der Waals surface area contributed by atoms with Crippen LogP contribution < -0.4 is 0 Å². The van der Waals surface area contributed by atoms with Gasteiger partial charge in [0.1, 0.15) is 5.76 Å². The maximum atomic E-state index is 10.6. The van der Waals surface area contributed by atoms with E-state index in [4.69, 9.17) is 9.62 Å². The number of fused-ring (bicyclic) bond motifs is 3. The van der Waals surface area contributed by atoms with Gasteiger partial charge in [0, 0.05) is 16.9 Å². The van der Waals surface area contributed by atoms with Crippen molar-refractivity contribution in [3.05, 3.63) is 58.2 Å². The molecule has 2 aromatic heterocycles. The van der Waals surface area contributed by atoms with Crippen molar-refractivity contribution in [3.63, 3.8) is 0 Å². The Morgan fingerprint density at radius 1 is 1.26 bits per heavy atom. The molecule has 2 aliphatic rings. The number of rotatable bonds is 2. The Labute approximate surface area is 181 Å². The summed E-state index contributed by atoms with van der Waals surface area (Å²) in [5.41, 5.74) is 5.12. The van der Waals surface area contributed by atoms with Crippen molar-refractivity contribution < 1.29 is 9.63 Å². The number of hydrogen-bond acceptors (Lipinski definition) is 6. The second-order valence-corrected chi connectivity index (χ2v) is 9.07. The highest BCUT2D eigenvalue weighted by Crippen LogP contribution is 2.54. The lowest BCUT2D eigenvalue weighted by Crippen LogP contribution is -2.45. The molecule has 31 heavy (non-hydrogen) atoms. The Bertz CT molecular complexity index is 1240. The molecule has 2 aliphatic carbocycles. The quantitative estimate of drug-likeness (QED) is 0.649. The van der Waals surface area contributed by atoms with Gasteiger partial charge in [0.25, 0.3) is 5.89 Å². The summed E-state index contributed by atoms with van der Waals surface area (Å²) in [5.74, 6) is 1.35. The van der Waals surface area contributed by atoms with Gasteiger partial charge >= 0.3 is 0 Å². The Kier molecular flexibility index (Phi) is 4.30. The summed E-state index contributed by atoms with van der Waals surface area (Å²) in [6.07, 6.45) is 2.18. The molecular weight excluding hydrogens is 390 g/mol. The minimum atomic E-state index is -0.352. The van der Waals surface area contributed by atoms with Crippen molar-refractivity contribution in [1.29, 1.82) is 5.26 Å². The van der Waals surface area contributed by atoms with Crippen LogP contribution in [0.25, 0.3) is 17.3 Å². The summed E-state index contributed by atoms with van der Waals surface area (Å²) in [6, 6.07) is 10.5. The maximum Gasteiger partial charge on any atom is 0.278 e. The summed E-state index contributed by atoms with van der Waals surface area (Å²) in [5, 5.41) is 29.3. The molecule has 0 spiro atoms. The maximum absolute atomic E-state index is 10.6. The molecule has 3 atom stereocenters. The molecule has 0 saturated carbocycles. The number of benzene rings is 1. The third kappa shape index (κ3) is 2.82. The van der Waals surface area contributed by atoms with E-state index in [1.54, 1.807) is 6.92 Å². The molecule has 2 heterocycles. The van der Waals surface area contributed by atoms with Gasteiger partial charge in [-0.3, -0.25) is 0 Å². The van der Waals surface area contributed by atoms with Crippen LogP contribution in [0.3, 0.4) is 0 Å². The van der Waals surface area contributed by atoms with Crippen molar-refractivity contribution in [2.45, 2.75) is 52.4 Å². The lowest BCUT2D eigenvalue weighted by atomic mass is 9.56. The molecule has 0 radical (unpaired) electrons. The fraction of sp³-hybridized carbons (Fsp3) is 0.417. The van der Waals surface area contributed by atoms with Crippen molar-refractivity contribution in [3.8, 4) is 23.3 Å². The van der Waals surface area contributed by atoms with Crippen LogP contribution in [0.2, 0.25) is 0 Å². The van der Waals surface area contributed by atoms with Crippen LogP contribution in [0.1, 0.15) is 49.3 Å². The number of aryl methyl sites for hydroxylation is 2. The first-order valence-electron chi connectivity index (χ1n) is 10.7. The zero-order chi connectivity index (χ0) is 21.9. The molecule has 0 fully saturated rings. The average Bonchev–Trinajstić information content (AvgIpc) is 3.35. The van der Waals surface area contributed by atoms with E-state index in [0.717, 1.165) is 29.8 Å². The van der Waals surface area contributed by atoms with E-state index in [2.05, 4.69) is 54.3 Å². The highest BCUT2D eigenvalue weighted by molar-refractivity contribution is 5.60. The average molecular weight is 415 g/mol. The molecule has 0 bridgehead atoms. The van der Waals surface area contributed by atoms with Gasteiger partial charge in [-0.1, -0.05) is 36.7 Å². The van der Waals surface area contributed by atoms with Crippen molar-refractivity contribution >= 4 is 0 Å². The number of hydrogen-bond donors (Lipinski definition) is 1. The molecule has 7 heteroatoms. The Hall–Kier alpha value is -3.40. The number of aliphatic hydroxyl groups is 1. The summed E-state index contributed by atoms with van der Waals surface area (Å²) in [7, 11) is 0. The zero-order valence-electron chi connectivity index (χ0n) is 18.2. The summed E-state index contributed by atoms with van der Waals surface area (Å²) in [6.45, 7) is 8.07. The van der Waals surface area contributed by atoms with Gasteiger partial charge in [-0.05, 0) is 51.2 Å². The summed E-state index contributed by atoms with van der Waals surface area (Å²) >= 11 is 0.